The van der Waals surface area contributed by atoms with Gasteiger partial charge in [-0.1, -0.05) is 13.0 Å². The maximum atomic E-state index is 12.1. The van der Waals surface area contributed by atoms with Gasteiger partial charge in [0.1, 0.15) is 5.75 Å². The summed E-state index contributed by atoms with van der Waals surface area (Å²) in [6.45, 7) is 7.65. The lowest BCUT2D eigenvalue weighted by molar-refractivity contribution is -0.135. The Hall–Kier alpha value is -1.55. The summed E-state index contributed by atoms with van der Waals surface area (Å²) in [5, 5.41) is 9.84. The average molecular weight is 291 g/mol. The van der Waals surface area contributed by atoms with Crippen LogP contribution in [0.1, 0.15) is 30.9 Å². The zero-order valence-corrected chi connectivity index (χ0v) is 13.1. The highest BCUT2D eigenvalue weighted by molar-refractivity contribution is 5.76. The minimum atomic E-state index is -0.400. The lowest BCUT2D eigenvalue weighted by atomic mass is 9.96. The Balaban J connectivity index is 1.79. The Morgan fingerprint density at radius 3 is 2.62 bits per heavy atom. The molecule has 116 valence electrons. The van der Waals surface area contributed by atoms with Crippen LogP contribution in [-0.2, 0) is 4.79 Å². The van der Waals surface area contributed by atoms with Crippen molar-refractivity contribution >= 4 is 5.91 Å². The van der Waals surface area contributed by atoms with Gasteiger partial charge in [-0.15, -0.1) is 0 Å². The Bertz CT molecular complexity index is 481. The van der Waals surface area contributed by atoms with Gasteiger partial charge in [-0.05, 0) is 49.4 Å². The number of amides is 1. The summed E-state index contributed by atoms with van der Waals surface area (Å²) in [6.07, 6.45) is 0.821. The summed E-state index contributed by atoms with van der Waals surface area (Å²) in [6, 6.07) is 6.04. The van der Waals surface area contributed by atoms with Crippen LogP contribution in [0, 0.1) is 19.8 Å². The van der Waals surface area contributed by atoms with E-state index in [1.165, 1.54) is 0 Å². The first-order valence-electron chi connectivity index (χ1n) is 7.62. The van der Waals surface area contributed by atoms with E-state index in [9.17, 15) is 9.90 Å². The fourth-order valence-corrected chi connectivity index (χ4v) is 2.71. The number of hydrogen-bond donors (Lipinski definition) is 1. The summed E-state index contributed by atoms with van der Waals surface area (Å²) >= 11 is 0. The summed E-state index contributed by atoms with van der Waals surface area (Å²) in [5.41, 5.74) is 2.31. The Labute approximate surface area is 126 Å². The van der Waals surface area contributed by atoms with Gasteiger partial charge in [-0.3, -0.25) is 4.79 Å². The number of nitrogens with zero attached hydrogens (tertiary/aromatic N) is 1. The van der Waals surface area contributed by atoms with E-state index in [1.54, 1.807) is 4.90 Å². The van der Waals surface area contributed by atoms with Crippen molar-refractivity contribution in [2.45, 2.75) is 39.7 Å². The van der Waals surface area contributed by atoms with Gasteiger partial charge in [0, 0.05) is 13.1 Å². The zero-order valence-electron chi connectivity index (χ0n) is 13.1. The van der Waals surface area contributed by atoms with Crippen LogP contribution in [0.3, 0.4) is 0 Å². The molecule has 2 atom stereocenters. The van der Waals surface area contributed by atoms with Crippen molar-refractivity contribution in [1.82, 2.24) is 4.90 Å². The maximum absolute atomic E-state index is 12.1. The molecule has 0 aliphatic carbocycles. The van der Waals surface area contributed by atoms with E-state index < -0.39 is 6.10 Å². The molecular formula is C17H25NO3. The van der Waals surface area contributed by atoms with Gasteiger partial charge in [0.2, 0.25) is 5.91 Å². The van der Waals surface area contributed by atoms with Gasteiger partial charge in [-0.25, -0.2) is 0 Å². The number of likely N-dealkylation sites (tertiary alicyclic amines) is 1. The highest BCUT2D eigenvalue weighted by Crippen LogP contribution is 2.19. The summed E-state index contributed by atoms with van der Waals surface area (Å²) < 4.78 is 5.67. The van der Waals surface area contributed by atoms with Gasteiger partial charge in [0.15, 0.2) is 0 Å². The molecule has 0 bridgehead atoms. The summed E-state index contributed by atoms with van der Waals surface area (Å²) in [7, 11) is 0. The van der Waals surface area contributed by atoms with Crippen molar-refractivity contribution in [3.63, 3.8) is 0 Å². The van der Waals surface area contributed by atoms with Crippen LogP contribution >= 0.6 is 0 Å². The van der Waals surface area contributed by atoms with Crippen molar-refractivity contribution in [2.24, 2.45) is 5.92 Å². The third kappa shape index (κ3) is 4.46. The molecule has 1 saturated heterocycles. The molecule has 1 N–H and O–H groups in total. The molecule has 4 nitrogen and oxygen atoms in total. The summed E-state index contributed by atoms with van der Waals surface area (Å²) in [4.78, 5) is 13.9. The minimum Gasteiger partial charge on any atom is -0.493 e. The van der Waals surface area contributed by atoms with Crippen LogP contribution < -0.4 is 4.74 Å². The third-order valence-corrected chi connectivity index (χ3v) is 4.05. The maximum Gasteiger partial charge on any atom is 0.226 e. The Morgan fingerprint density at radius 1 is 1.33 bits per heavy atom. The Kier molecular flexibility index (Phi) is 5.23. The van der Waals surface area contributed by atoms with E-state index in [0.29, 0.717) is 19.6 Å². The lowest BCUT2D eigenvalue weighted by Crippen LogP contribution is -2.46. The van der Waals surface area contributed by atoms with Gasteiger partial charge in [-0.2, -0.15) is 0 Å². The second-order valence-electron chi connectivity index (χ2n) is 6.09. The standard InChI is InChI=1S/C17H25NO3/c1-12-8-13(2)10-15(9-12)21-7-5-17(20)18-6-4-14(3)16(19)11-18/h8-10,14,16,19H,4-7,11H2,1-3H3. The first-order chi connectivity index (χ1) is 9.95. The third-order valence-electron chi connectivity index (χ3n) is 4.05. The molecule has 4 heteroatoms. The van der Waals surface area contributed by atoms with Crippen molar-refractivity contribution in [3.8, 4) is 5.75 Å². The van der Waals surface area contributed by atoms with Crippen molar-refractivity contribution in [3.05, 3.63) is 29.3 Å². The van der Waals surface area contributed by atoms with E-state index in [2.05, 4.69) is 6.07 Å². The Morgan fingerprint density at radius 2 is 2.00 bits per heavy atom. The fraction of sp³-hybridized carbons (Fsp3) is 0.588. The van der Waals surface area contributed by atoms with E-state index in [4.69, 9.17) is 4.74 Å². The van der Waals surface area contributed by atoms with Crippen LogP contribution in [0.2, 0.25) is 0 Å². The number of aryl methyl sites for hydroxylation is 2. The van der Waals surface area contributed by atoms with E-state index in [1.807, 2.05) is 32.9 Å². The van der Waals surface area contributed by atoms with Crippen molar-refractivity contribution in [2.75, 3.05) is 19.7 Å². The molecule has 1 aliphatic rings. The number of ether oxygens (including phenoxy) is 1. The number of benzene rings is 1. The highest BCUT2D eigenvalue weighted by atomic mass is 16.5. The monoisotopic (exact) mass is 291 g/mol. The number of carbonyl (C=O) groups is 1. The van der Waals surface area contributed by atoms with E-state index in [0.717, 1.165) is 29.8 Å². The van der Waals surface area contributed by atoms with Gasteiger partial charge in [0.05, 0.1) is 19.1 Å². The smallest absolute Gasteiger partial charge is 0.226 e. The first-order valence-corrected chi connectivity index (χ1v) is 7.62. The second kappa shape index (κ2) is 6.94. The number of aliphatic hydroxyl groups excluding tert-OH is 1. The molecule has 1 aliphatic heterocycles. The molecule has 21 heavy (non-hydrogen) atoms. The quantitative estimate of drug-likeness (QED) is 0.926. The molecule has 2 unspecified atom stereocenters. The number of aliphatic hydroxyl groups is 1. The number of β-amino-alcohol motifs (C(OH)–C–C–N with tert-alkyl or cyclic N) is 1. The molecular weight excluding hydrogens is 266 g/mol. The largest absolute Gasteiger partial charge is 0.493 e. The predicted octanol–water partition coefficient (Wildman–Crippen LogP) is 2.30. The number of rotatable bonds is 4. The minimum absolute atomic E-state index is 0.0605. The van der Waals surface area contributed by atoms with Crippen molar-refractivity contribution in [1.29, 1.82) is 0 Å². The molecule has 0 saturated carbocycles. The normalized spacial score (nSPS) is 22.2. The zero-order chi connectivity index (χ0) is 15.4. The van der Waals surface area contributed by atoms with Crippen LogP contribution in [0.25, 0.3) is 0 Å². The molecule has 0 spiro atoms. The fourth-order valence-electron chi connectivity index (χ4n) is 2.71. The predicted molar refractivity (Wildman–Crippen MR) is 82.4 cm³/mol. The first kappa shape index (κ1) is 15.8. The molecule has 1 aromatic rings. The molecule has 2 rings (SSSR count). The average Bonchev–Trinajstić information content (AvgIpc) is 2.40. The molecule has 1 fully saturated rings. The van der Waals surface area contributed by atoms with Crippen LogP contribution in [-0.4, -0.2) is 41.7 Å². The van der Waals surface area contributed by atoms with E-state index >= 15 is 0 Å². The molecule has 1 amide bonds. The topological polar surface area (TPSA) is 49.8 Å². The molecule has 0 aromatic heterocycles. The van der Waals surface area contributed by atoms with Gasteiger partial charge >= 0.3 is 0 Å². The highest BCUT2D eigenvalue weighted by Gasteiger charge is 2.26. The van der Waals surface area contributed by atoms with Crippen LogP contribution in [0.15, 0.2) is 18.2 Å². The van der Waals surface area contributed by atoms with Gasteiger partial charge < -0.3 is 14.7 Å². The second-order valence-corrected chi connectivity index (χ2v) is 6.09. The number of hydrogen-bond acceptors (Lipinski definition) is 3. The SMILES string of the molecule is Cc1cc(C)cc(OCCC(=O)N2CCC(C)C(O)C2)c1. The van der Waals surface area contributed by atoms with Crippen LogP contribution in [0.4, 0.5) is 0 Å². The lowest BCUT2D eigenvalue weighted by Gasteiger charge is -2.34. The molecule has 1 heterocycles. The summed E-state index contributed by atoms with van der Waals surface area (Å²) in [5.74, 6) is 1.15. The number of piperidine rings is 1. The number of carbonyl (C=O) groups excluding carboxylic acids is 1. The molecule has 1 aromatic carbocycles. The van der Waals surface area contributed by atoms with E-state index in [-0.39, 0.29) is 11.8 Å². The molecule has 0 radical (unpaired) electrons. The van der Waals surface area contributed by atoms with Gasteiger partial charge in [0.25, 0.3) is 0 Å². The van der Waals surface area contributed by atoms with Crippen molar-refractivity contribution < 1.29 is 14.6 Å². The van der Waals surface area contributed by atoms with Crippen LogP contribution in [0.5, 0.6) is 5.75 Å².